The van der Waals surface area contributed by atoms with Crippen molar-refractivity contribution in [3.05, 3.63) is 83.4 Å². The van der Waals surface area contributed by atoms with Crippen molar-refractivity contribution in [3.8, 4) is 22.8 Å². The van der Waals surface area contributed by atoms with Gasteiger partial charge in [0, 0.05) is 29.8 Å². The molecule has 0 unspecified atom stereocenters. The zero-order chi connectivity index (χ0) is 25.2. The van der Waals surface area contributed by atoms with Crippen molar-refractivity contribution in [3.63, 3.8) is 0 Å². The largest absolute Gasteiger partial charge is 0.324 e. The van der Waals surface area contributed by atoms with Crippen LogP contribution in [0.25, 0.3) is 33.8 Å². The molecule has 2 heterocycles. The van der Waals surface area contributed by atoms with E-state index in [-0.39, 0.29) is 0 Å². The summed E-state index contributed by atoms with van der Waals surface area (Å²) in [6, 6.07) is 19.0. The summed E-state index contributed by atoms with van der Waals surface area (Å²) in [5.41, 5.74) is 5.46. The van der Waals surface area contributed by atoms with E-state index in [0.29, 0.717) is 22.8 Å². The van der Waals surface area contributed by atoms with E-state index in [1.807, 2.05) is 24.3 Å². The minimum atomic E-state index is -0.862. The summed E-state index contributed by atoms with van der Waals surface area (Å²) in [4.78, 5) is 4.84. The average molecular weight is 499 g/mol. The number of aromatic amines is 1. The van der Waals surface area contributed by atoms with E-state index in [2.05, 4.69) is 49.5 Å². The van der Waals surface area contributed by atoms with Crippen LogP contribution in [0.1, 0.15) is 43.2 Å². The van der Waals surface area contributed by atoms with E-state index >= 15 is 0 Å². The molecule has 1 N–H and O–H groups in total. The molecular formula is C29H28F2N6. The number of tetrazole rings is 1. The molecule has 1 saturated carbocycles. The molecule has 6 rings (SSSR count). The molecule has 1 aliphatic rings. The molecule has 1 aliphatic carbocycles. The molecule has 0 atom stereocenters. The van der Waals surface area contributed by atoms with Crippen molar-refractivity contribution in [1.82, 2.24) is 30.2 Å². The van der Waals surface area contributed by atoms with Gasteiger partial charge in [-0.05, 0) is 53.2 Å². The number of benzene rings is 3. The van der Waals surface area contributed by atoms with E-state index in [1.54, 1.807) is 0 Å². The molecule has 37 heavy (non-hydrogen) atoms. The van der Waals surface area contributed by atoms with Crippen LogP contribution in [0.2, 0.25) is 0 Å². The lowest BCUT2D eigenvalue weighted by Crippen LogP contribution is -2.15. The number of nitrogens with zero attached hydrogens (tertiary/aromatic N) is 5. The molecule has 1 fully saturated rings. The zero-order valence-corrected chi connectivity index (χ0v) is 20.5. The number of nitrogens with one attached hydrogen (secondary N) is 1. The lowest BCUT2D eigenvalue weighted by atomic mass is 9.89. The predicted octanol–water partition coefficient (Wildman–Crippen LogP) is 6.53. The first-order valence-electron chi connectivity index (χ1n) is 12.9. The summed E-state index contributed by atoms with van der Waals surface area (Å²) in [6.45, 7) is 0.767. The molecule has 188 valence electrons. The molecule has 8 heteroatoms. The highest BCUT2D eigenvalue weighted by Gasteiger charge is 2.22. The van der Waals surface area contributed by atoms with E-state index in [4.69, 9.17) is 4.98 Å². The third-order valence-electron chi connectivity index (χ3n) is 7.47. The highest BCUT2D eigenvalue weighted by molar-refractivity contribution is 5.81. The van der Waals surface area contributed by atoms with Gasteiger partial charge in [-0.3, -0.25) is 0 Å². The second-order valence-corrected chi connectivity index (χ2v) is 9.91. The third kappa shape index (κ3) is 4.88. The Kier molecular flexibility index (Phi) is 6.47. The maximum atomic E-state index is 14.3. The van der Waals surface area contributed by atoms with Crippen LogP contribution >= 0.6 is 0 Å². The van der Waals surface area contributed by atoms with Gasteiger partial charge in [0.2, 0.25) is 0 Å². The normalized spacial score (nSPS) is 14.4. The summed E-state index contributed by atoms with van der Waals surface area (Å²) >= 11 is 0. The Morgan fingerprint density at radius 2 is 1.68 bits per heavy atom. The highest BCUT2D eigenvalue weighted by atomic mass is 19.2. The van der Waals surface area contributed by atoms with Gasteiger partial charge in [0.15, 0.2) is 17.5 Å². The Hall–Kier alpha value is -3.94. The molecule has 5 aromatic rings. The molecular weight excluding hydrogens is 470 g/mol. The summed E-state index contributed by atoms with van der Waals surface area (Å²) in [6.07, 6.45) is 7.69. The zero-order valence-electron chi connectivity index (χ0n) is 20.5. The molecule has 0 bridgehead atoms. The van der Waals surface area contributed by atoms with Gasteiger partial charge in [0.1, 0.15) is 5.82 Å². The van der Waals surface area contributed by atoms with Crippen LogP contribution in [0, 0.1) is 17.6 Å². The van der Waals surface area contributed by atoms with Gasteiger partial charge in [-0.1, -0.05) is 67.8 Å². The van der Waals surface area contributed by atoms with Crippen LogP contribution in [0.15, 0.2) is 60.7 Å². The van der Waals surface area contributed by atoms with Gasteiger partial charge in [-0.2, -0.15) is 0 Å². The van der Waals surface area contributed by atoms with Crippen molar-refractivity contribution >= 4 is 11.0 Å². The Morgan fingerprint density at radius 3 is 2.46 bits per heavy atom. The van der Waals surface area contributed by atoms with Crippen LogP contribution in [0.5, 0.6) is 0 Å². The van der Waals surface area contributed by atoms with Gasteiger partial charge in [-0.15, -0.1) is 5.10 Å². The minimum Gasteiger partial charge on any atom is -0.324 e. The topological polar surface area (TPSA) is 72.3 Å². The fourth-order valence-corrected chi connectivity index (χ4v) is 5.48. The predicted molar refractivity (Wildman–Crippen MR) is 139 cm³/mol. The molecule has 2 aromatic heterocycles. The van der Waals surface area contributed by atoms with Crippen LogP contribution in [0.3, 0.4) is 0 Å². The molecule has 6 nitrogen and oxygen atoms in total. The lowest BCUT2D eigenvalue weighted by Gasteiger charge is -2.23. The van der Waals surface area contributed by atoms with Crippen LogP contribution in [-0.4, -0.2) is 30.2 Å². The highest BCUT2D eigenvalue weighted by Crippen LogP contribution is 2.33. The van der Waals surface area contributed by atoms with E-state index in [9.17, 15) is 8.78 Å². The Bertz CT molecular complexity index is 1500. The van der Waals surface area contributed by atoms with Crippen LogP contribution < -0.4 is 0 Å². The Labute approximate surface area is 213 Å². The van der Waals surface area contributed by atoms with Crippen molar-refractivity contribution in [2.24, 2.45) is 5.92 Å². The number of imidazole rings is 1. The van der Waals surface area contributed by atoms with Crippen LogP contribution in [0.4, 0.5) is 8.78 Å². The van der Waals surface area contributed by atoms with Gasteiger partial charge in [-0.25, -0.2) is 18.9 Å². The van der Waals surface area contributed by atoms with E-state index in [1.165, 1.54) is 37.0 Å². The summed E-state index contributed by atoms with van der Waals surface area (Å²) in [5, 5.41) is 14.0. The third-order valence-corrected chi connectivity index (χ3v) is 7.47. The quantitative estimate of drug-likeness (QED) is 0.277. The number of rotatable bonds is 7. The monoisotopic (exact) mass is 498 g/mol. The second kappa shape index (κ2) is 10.2. The summed E-state index contributed by atoms with van der Waals surface area (Å²) in [7, 11) is 0. The van der Waals surface area contributed by atoms with Crippen molar-refractivity contribution in [1.29, 1.82) is 0 Å². The Balaban J connectivity index is 1.32. The number of aromatic nitrogens is 6. The molecule has 0 radical (unpaired) electrons. The SMILES string of the molecule is Fc1cc2nc(-c3ccccc3CCc3ccc(-c4nnn[nH]4)cc3)n(CC3CCCCC3)c2cc1F. The molecule has 0 aliphatic heterocycles. The van der Waals surface area contributed by atoms with Gasteiger partial charge >= 0.3 is 0 Å². The van der Waals surface area contributed by atoms with E-state index in [0.717, 1.165) is 54.7 Å². The van der Waals surface area contributed by atoms with Gasteiger partial charge in [0.05, 0.1) is 11.0 Å². The number of H-pyrrole nitrogens is 1. The first kappa shape index (κ1) is 23.5. The molecule has 0 amide bonds. The Morgan fingerprint density at radius 1 is 0.892 bits per heavy atom. The van der Waals surface area contributed by atoms with Crippen molar-refractivity contribution < 1.29 is 8.78 Å². The van der Waals surface area contributed by atoms with Crippen molar-refractivity contribution in [2.45, 2.75) is 51.5 Å². The number of halogens is 2. The average Bonchev–Trinajstić information content (AvgIpc) is 3.58. The van der Waals surface area contributed by atoms with Gasteiger partial charge < -0.3 is 4.57 Å². The first-order valence-corrected chi connectivity index (χ1v) is 12.9. The van der Waals surface area contributed by atoms with E-state index < -0.39 is 11.6 Å². The number of fused-ring (bicyclic) bond motifs is 1. The smallest absolute Gasteiger partial charge is 0.179 e. The first-order chi connectivity index (χ1) is 18.2. The maximum absolute atomic E-state index is 14.3. The summed E-state index contributed by atoms with van der Waals surface area (Å²) in [5.74, 6) is 0.250. The number of hydrogen-bond donors (Lipinski definition) is 1. The summed E-state index contributed by atoms with van der Waals surface area (Å²) < 4.78 is 30.5. The molecule has 0 spiro atoms. The molecule has 0 saturated heterocycles. The van der Waals surface area contributed by atoms with Crippen molar-refractivity contribution in [2.75, 3.05) is 0 Å². The second-order valence-electron chi connectivity index (χ2n) is 9.91. The fourth-order valence-electron chi connectivity index (χ4n) is 5.48. The minimum absolute atomic E-state index is 0.497. The molecule has 3 aromatic carbocycles. The number of hydrogen-bond acceptors (Lipinski definition) is 4. The van der Waals surface area contributed by atoms with Crippen LogP contribution in [-0.2, 0) is 19.4 Å². The van der Waals surface area contributed by atoms with Gasteiger partial charge in [0.25, 0.3) is 0 Å². The standard InChI is InChI=1S/C29H28F2N6/c30-24-16-26-27(17-25(24)31)37(18-20-6-2-1-3-7-20)29(32-26)23-9-5-4-8-21(23)13-10-19-11-14-22(15-12-19)28-33-35-36-34-28/h4-5,8-9,11-12,14-17,20H,1-3,6-7,10,13,18H2,(H,33,34,35,36). The fraction of sp³-hybridized carbons (Fsp3) is 0.310. The maximum Gasteiger partial charge on any atom is 0.179 e. The lowest BCUT2D eigenvalue weighted by molar-refractivity contribution is 0.323. The number of aryl methyl sites for hydroxylation is 2.